The van der Waals surface area contributed by atoms with E-state index in [1.165, 1.54) is 0 Å². The van der Waals surface area contributed by atoms with E-state index in [4.69, 9.17) is 23.2 Å². The number of halogens is 2. The first-order valence-electron chi connectivity index (χ1n) is 5.53. The second kappa shape index (κ2) is 5.98. The van der Waals surface area contributed by atoms with E-state index in [-0.39, 0.29) is 0 Å². The molecule has 0 bridgehead atoms. The van der Waals surface area contributed by atoms with Gasteiger partial charge in [-0.25, -0.2) is 0 Å². The molecule has 0 aromatic carbocycles. The summed E-state index contributed by atoms with van der Waals surface area (Å²) in [5, 5.41) is 8.22. The number of nitrogens with zero attached hydrogens (tertiary/aromatic N) is 4. The van der Waals surface area contributed by atoms with Crippen LogP contribution in [0.1, 0.15) is 12.5 Å². The van der Waals surface area contributed by atoms with Crippen molar-refractivity contribution >= 4 is 28.9 Å². The highest BCUT2D eigenvalue weighted by Gasteiger charge is 2.12. The summed E-state index contributed by atoms with van der Waals surface area (Å²) >= 11 is 11.9. The van der Waals surface area contributed by atoms with Gasteiger partial charge < -0.3 is 4.90 Å². The molecule has 0 atom stereocenters. The van der Waals surface area contributed by atoms with Gasteiger partial charge in [0.25, 0.3) is 0 Å². The molecule has 0 radical (unpaired) electrons. The van der Waals surface area contributed by atoms with Gasteiger partial charge in [-0.3, -0.25) is 4.98 Å². The highest BCUT2D eigenvalue weighted by molar-refractivity contribution is 6.33. The van der Waals surface area contributed by atoms with Gasteiger partial charge in [-0.05, 0) is 24.6 Å². The Bertz CT molecular complexity index is 519. The number of rotatable bonds is 4. The molecule has 0 saturated carbocycles. The van der Waals surface area contributed by atoms with E-state index in [9.17, 15) is 0 Å². The van der Waals surface area contributed by atoms with Crippen molar-refractivity contribution in [2.24, 2.45) is 0 Å². The Hall–Kier alpha value is -1.39. The van der Waals surface area contributed by atoms with Crippen LogP contribution in [-0.2, 0) is 6.54 Å². The Labute approximate surface area is 116 Å². The molecule has 0 aliphatic carbocycles. The maximum atomic E-state index is 6.05. The van der Waals surface area contributed by atoms with Crippen molar-refractivity contribution in [1.29, 1.82) is 0 Å². The maximum absolute atomic E-state index is 6.05. The van der Waals surface area contributed by atoms with Crippen LogP contribution >= 0.6 is 23.2 Å². The van der Waals surface area contributed by atoms with Gasteiger partial charge in [0.05, 0.1) is 5.69 Å². The summed E-state index contributed by atoms with van der Waals surface area (Å²) in [6.45, 7) is 3.57. The number of pyridine rings is 1. The molecule has 0 amide bonds. The van der Waals surface area contributed by atoms with Crippen molar-refractivity contribution in [2.45, 2.75) is 13.5 Å². The van der Waals surface area contributed by atoms with Gasteiger partial charge >= 0.3 is 0 Å². The summed E-state index contributed by atoms with van der Waals surface area (Å²) in [6.07, 6.45) is 3.53. The molecule has 0 saturated heterocycles. The van der Waals surface area contributed by atoms with E-state index < -0.39 is 0 Å². The third-order valence-electron chi connectivity index (χ3n) is 2.55. The summed E-state index contributed by atoms with van der Waals surface area (Å²) in [5.41, 5.74) is 1.94. The molecular formula is C12H12Cl2N4. The normalized spacial score (nSPS) is 10.4. The Kier molecular flexibility index (Phi) is 4.33. The van der Waals surface area contributed by atoms with Crippen LogP contribution in [0.3, 0.4) is 0 Å². The van der Waals surface area contributed by atoms with Crippen molar-refractivity contribution in [3.63, 3.8) is 0 Å². The minimum absolute atomic E-state index is 0.336. The third kappa shape index (κ3) is 3.09. The molecule has 2 heterocycles. The monoisotopic (exact) mass is 282 g/mol. The number of aromatic nitrogens is 3. The molecule has 0 spiro atoms. The Morgan fingerprint density at radius 1 is 1.17 bits per heavy atom. The summed E-state index contributed by atoms with van der Waals surface area (Å²) in [7, 11) is 0. The number of hydrogen-bond donors (Lipinski definition) is 0. The molecule has 94 valence electrons. The fourth-order valence-electron chi connectivity index (χ4n) is 1.64. The predicted molar refractivity (Wildman–Crippen MR) is 73.0 cm³/mol. The highest BCUT2D eigenvalue weighted by atomic mass is 35.5. The second-order valence-electron chi connectivity index (χ2n) is 3.71. The molecule has 2 aromatic rings. The van der Waals surface area contributed by atoms with Crippen LogP contribution in [0.4, 0.5) is 5.69 Å². The summed E-state index contributed by atoms with van der Waals surface area (Å²) in [4.78, 5) is 6.08. The fraction of sp³-hybridized carbons (Fsp3) is 0.250. The van der Waals surface area contributed by atoms with Crippen LogP contribution in [0.25, 0.3) is 0 Å². The first-order chi connectivity index (χ1) is 8.70. The molecular weight excluding hydrogens is 271 g/mol. The van der Waals surface area contributed by atoms with E-state index in [0.29, 0.717) is 10.3 Å². The number of hydrogen-bond acceptors (Lipinski definition) is 4. The van der Waals surface area contributed by atoms with Crippen molar-refractivity contribution in [2.75, 3.05) is 11.4 Å². The van der Waals surface area contributed by atoms with Crippen LogP contribution in [0, 0.1) is 0 Å². The van der Waals surface area contributed by atoms with E-state index in [2.05, 4.69) is 20.1 Å². The molecule has 0 N–H and O–H groups in total. The average molecular weight is 283 g/mol. The lowest BCUT2D eigenvalue weighted by atomic mass is 10.2. The van der Waals surface area contributed by atoms with Gasteiger partial charge in [0.15, 0.2) is 10.3 Å². The lowest BCUT2D eigenvalue weighted by Crippen LogP contribution is -2.22. The van der Waals surface area contributed by atoms with Crippen LogP contribution in [0.5, 0.6) is 0 Å². The zero-order valence-electron chi connectivity index (χ0n) is 9.85. The highest BCUT2D eigenvalue weighted by Crippen LogP contribution is 2.26. The third-order valence-corrected chi connectivity index (χ3v) is 3.00. The topological polar surface area (TPSA) is 41.9 Å². The van der Waals surface area contributed by atoms with Gasteiger partial charge in [-0.1, -0.05) is 23.2 Å². The molecule has 4 nitrogen and oxygen atoms in total. The van der Waals surface area contributed by atoms with E-state index in [1.807, 2.05) is 19.1 Å². The van der Waals surface area contributed by atoms with Crippen molar-refractivity contribution in [1.82, 2.24) is 15.2 Å². The lowest BCUT2D eigenvalue weighted by Gasteiger charge is -2.23. The first kappa shape index (κ1) is 13.1. The fourth-order valence-corrected chi connectivity index (χ4v) is 1.99. The molecule has 0 unspecified atom stereocenters. The van der Waals surface area contributed by atoms with Gasteiger partial charge in [-0.2, -0.15) is 0 Å². The Morgan fingerprint density at radius 3 is 2.56 bits per heavy atom. The lowest BCUT2D eigenvalue weighted by molar-refractivity contribution is 0.821. The predicted octanol–water partition coefficient (Wildman–Crippen LogP) is 3.20. The second-order valence-corrected chi connectivity index (χ2v) is 4.46. The minimum Gasteiger partial charge on any atom is -0.365 e. The SMILES string of the molecule is CCN(Cc1ccncc1)c1cc(Cl)nnc1Cl. The molecule has 0 aliphatic rings. The van der Waals surface area contributed by atoms with Gasteiger partial charge in [-0.15, -0.1) is 10.2 Å². The van der Waals surface area contributed by atoms with Gasteiger partial charge in [0, 0.05) is 31.5 Å². The molecule has 2 aromatic heterocycles. The van der Waals surface area contributed by atoms with Crippen molar-refractivity contribution in [3.8, 4) is 0 Å². The summed E-state index contributed by atoms with van der Waals surface area (Å²) < 4.78 is 0. The van der Waals surface area contributed by atoms with Crippen LogP contribution in [0.15, 0.2) is 30.6 Å². The zero-order chi connectivity index (χ0) is 13.0. The molecule has 0 fully saturated rings. The maximum Gasteiger partial charge on any atom is 0.175 e. The van der Waals surface area contributed by atoms with Gasteiger partial charge in [0.1, 0.15) is 0 Å². The summed E-state index contributed by atoms with van der Waals surface area (Å²) in [5.74, 6) is 0. The van der Waals surface area contributed by atoms with Crippen LogP contribution in [0.2, 0.25) is 10.3 Å². The average Bonchev–Trinajstić information content (AvgIpc) is 2.40. The first-order valence-corrected chi connectivity index (χ1v) is 6.29. The van der Waals surface area contributed by atoms with E-state index in [0.717, 1.165) is 24.3 Å². The van der Waals surface area contributed by atoms with E-state index >= 15 is 0 Å². The number of anilines is 1. The smallest absolute Gasteiger partial charge is 0.175 e. The van der Waals surface area contributed by atoms with Gasteiger partial charge in [0.2, 0.25) is 0 Å². The van der Waals surface area contributed by atoms with Crippen LogP contribution in [-0.4, -0.2) is 21.7 Å². The standard InChI is InChI=1S/C12H12Cl2N4/c1-2-18(8-9-3-5-15-6-4-9)10-7-11(13)16-17-12(10)14/h3-7H,2,8H2,1H3. The Balaban J connectivity index is 2.26. The van der Waals surface area contributed by atoms with Crippen molar-refractivity contribution < 1.29 is 0 Å². The molecule has 2 rings (SSSR count). The molecule has 0 aliphatic heterocycles. The largest absolute Gasteiger partial charge is 0.365 e. The zero-order valence-corrected chi connectivity index (χ0v) is 11.4. The Morgan fingerprint density at radius 2 is 1.89 bits per heavy atom. The van der Waals surface area contributed by atoms with Crippen molar-refractivity contribution in [3.05, 3.63) is 46.5 Å². The summed E-state index contributed by atoms with van der Waals surface area (Å²) in [6, 6.07) is 5.65. The quantitative estimate of drug-likeness (QED) is 0.864. The minimum atomic E-state index is 0.336. The van der Waals surface area contributed by atoms with E-state index in [1.54, 1.807) is 18.5 Å². The molecule has 6 heteroatoms. The molecule has 18 heavy (non-hydrogen) atoms. The van der Waals surface area contributed by atoms with Crippen LogP contribution < -0.4 is 4.90 Å².